The van der Waals surface area contributed by atoms with Crippen molar-refractivity contribution in [3.05, 3.63) is 395 Å². The maximum atomic E-state index is 4.95. The molecule has 0 N–H and O–H groups in total. The molecule has 24 heteroatoms. The molecular weight excluding hydrogens is 1730 g/mol. The van der Waals surface area contributed by atoms with E-state index in [0.29, 0.717) is 92.8 Å². The van der Waals surface area contributed by atoms with E-state index in [0.717, 1.165) is 130 Å². The van der Waals surface area contributed by atoms with Crippen LogP contribution in [0.2, 0.25) is 0 Å². The second-order valence-corrected chi connectivity index (χ2v) is 34.8. The number of rotatable bonds is 20. The van der Waals surface area contributed by atoms with Crippen molar-refractivity contribution in [2.45, 2.75) is 136 Å². The van der Waals surface area contributed by atoms with Crippen LogP contribution in [0, 0.1) is 96.9 Å². The molecule has 0 spiro atoms. The van der Waals surface area contributed by atoms with E-state index < -0.39 is 0 Å². The predicted molar refractivity (Wildman–Crippen MR) is 555 cm³/mol. The Morgan fingerprint density at radius 1 is 0.150 bits per heavy atom. The molecule has 24 nitrogen and oxygen atoms in total. The van der Waals surface area contributed by atoms with Gasteiger partial charge in [0.25, 0.3) is 0 Å². The average Bonchev–Trinajstić information content (AvgIpc) is 0.811. The molecule has 0 radical (unpaired) electrons. The van der Waals surface area contributed by atoms with Gasteiger partial charge in [-0.2, -0.15) is 0 Å². The predicted octanol–water partition coefficient (Wildman–Crippen LogP) is 25.4. The third-order valence-corrected chi connectivity index (χ3v) is 22.7. The van der Waals surface area contributed by atoms with Crippen LogP contribution in [-0.4, -0.2) is 120 Å². The molecule has 690 valence electrons. The number of aryl methyl sites for hydroxylation is 15. The number of benzene rings is 8. The molecule has 0 saturated heterocycles. The summed E-state index contributed by atoms with van der Waals surface area (Å²) in [6, 6.07) is 83.1. The van der Waals surface area contributed by atoms with Crippen LogP contribution < -0.4 is 0 Å². The molecule has 8 aromatic carbocycles. The molecule has 0 amide bonds. The van der Waals surface area contributed by atoms with Crippen molar-refractivity contribution in [1.29, 1.82) is 0 Å². The van der Waals surface area contributed by atoms with Crippen LogP contribution in [0.25, 0.3) is 171 Å². The zero-order valence-electron chi connectivity index (χ0n) is 81.2. The standard InChI is InChI=1S/C30H32N2.C25H22N2.C21H18N6.2C20H17N7/c1-4-5-6-7-8-24-13-19-27(20-14-24)30-31-28(25-15-9-22(2)10-16-25)21-29(32-30)26-17-11-23(3)12-18-26;1-17-4-10-20(11-5-17)23-16-24(21-12-6-18(2)7-13-21)27-25(26-23)22-14-8-19(3)9-15-22;1-13-4-7-16(22-10-13)19-25-20(17-8-5-14(2)11-23-17)27-21(26-19)18-9-6-15(3)12-24-18;1-12-4-6-15(7-5-12)18-25-19(16-8-21-13(2)22-9-16)27-20(26-18)17-10-23-14(3)24-11-17;1-12-4-6-15(7-5-12)16-25-19(17-21-8-13(2)9-22-17)27-20(26-16)18-23-10-14(3)11-24-18/h9-21H,4-8H2,1-3H3;4-16H,1-3H3;4-12H,1-3H3;2*4-11H,1-3H3. The van der Waals surface area contributed by atoms with Gasteiger partial charge in [-0.3, -0.25) is 15.0 Å². The van der Waals surface area contributed by atoms with Gasteiger partial charge in [0.1, 0.15) is 28.7 Å². The topological polar surface area (TPSA) is 309 Å². The number of nitrogens with zero attached hydrogens (tertiary/aromatic N) is 24. The highest BCUT2D eigenvalue weighted by Gasteiger charge is 2.21. The molecule has 0 atom stereocenters. The van der Waals surface area contributed by atoms with Crippen LogP contribution in [0.5, 0.6) is 0 Å². The maximum Gasteiger partial charge on any atom is 0.201 e. The SMILES string of the molecule is CCCCCCc1ccc(-c2nc(-c3ccc(C)cc3)cc(-c3ccc(C)cc3)n2)cc1.Cc1ccc(-c2cc(-c3ccc(C)cc3)nc(-c3ccc(C)cc3)n2)cc1.Cc1ccc(-c2nc(-c3ccc(C)cn3)nc(-c3ccc(C)cn3)n2)nc1.Cc1ccc(-c2nc(-c3cnc(C)nc3)nc(-c3cnc(C)nc3)n2)cc1.Cc1ccc(-c2nc(-c3ncc(C)cn3)nc(-c3ncc(C)cn3)n2)cc1. The first-order chi connectivity index (χ1) is 67.9. The lowest BCUT2D eigenvalue weighted by Crippen LogP contribution is -2.04. The zero-order chi connectivity index (χ0) is 97.5. The van der Waals surface area contributed by atoms with Gasteiger partial charge in [-0.05, 0) is 173 Å². The lowest BCUT2D eigenvalue weighted by atomic mass is 10.0. The summed E-state index contributed by atoms with van der Waals surface area (Å²) in [5.41, 5.74) is 30.7. The van der Waals surface area contributed by atoms with Gasteiger partial charge in [0.2, 0.25) is 11.6 Å². The number of unbranched alkanes of at least 4 members (excludes halogenated alkanes) is 3. The van der Waals surface area contributed by atoms with Crippen molar-refractivity contribution in [3.63, 3.8) is 0 Å². The average molecular weight is 1840 g/mol. The Morgan fingerprint density at radius 2 is 0.371 bits per heavy atom. The van der Waals surface area contributed by atoms with Crippen LogP contribution in [0.15, 0.2) is 311 Å². The Bertz CT molecular complexity index is 6140. The smallest absolute Gasteiger partial charge is 0.201 e. The van der Waals surface area contributed by atoms with Crippen LogP contribution in [-0.2, 0) is 6.42 Å². The van der Waals surface area contributed by atoms with E-state index >= 15 is 0 Å². The molecule has 0 aliphatic carbocycles. The van der Waals surface area contributed by atoms with Crippen LogP contribution in [0.3, 0.4) is 0 Å². The van der Waals surface area contributed by atoms with Crippen molar-refractivity contribution in [2.75, 3.05) is 0 Å². The molecule has 0 unspecified atom stereocenters. The van der Waals surface area contributed by atoms with Crippen molar-refractivity contribution in [3.8, 4) is 171 Å². The van der Waals surface area contributed by atoms with E-state index in [9.17, 15) is 0 Å². The molecule has 0 bridgehead atoms. The van der Waals surface area contributed by atoms with E-state index in [1.807, 2.05) is 147 Å². The summed E-state index contributed by atoms with van der Waals surface area (Å²) in [5, 5.41) is 0. The number of aromatic nitrogens is 24. The van der Waals surface area contributed by atoms with Gasteiger partial charge in [-0.25, -0.2) is 105 Å². The van der Waals surface area contributed by atoms with E-state index in [-0.39, 0.29) is 0 Å². The van der Waals surface area contributed by atoms with Crippen LogP contribution in [0.1, 0.15) is 117 Å². The van der Waals surface area contributed by atoms with Gasteiger partial charge in [-0.15, -0.1) is 0 Å². The monoisotopic (exact) mass is 1830 g/mol. The van der Waals surface area contributed by atoms with Gasteiger partial charge in [0.05, 0.1) is 33.9 Å². The summed E-state index contributed by atoms with van der Waals surface area (Å²) in [7, 11) is 0. The Balaban J connectivity index is 0.000000126. The molecule has 12 heterocycles. The maximum absolute atomic E-state index is 4.95. The highest BCUT2D eigenvalue weighted by atomic mass is 15.1. The fourth-order valence-electron chi connectivity index (χ4n) is 14.3. The first kappa shape index (κ1) is 95.9. The Labute approximate surface area is 816 Å². The molecule has 0 saturated carbocycles. The van der Waals surface area contributed by atoms with Gasteiger partial charge in [0, 0.05) is 113 Å². The van der Waals surface area contributed by atoms with Crippen LogP contribution >= 0.6 is 0 Å². The quantitative estimate of drug-likeness (QED) is 0.0640. The molecule has 0 aliphatic rings. The zero-order valence-corrected chi connectivity index (χ0v) is 81.2. The molecule has 0 aliphatic heterocycles. The summed E-state index contributed by atoms with van der Waals surface area (Å²) in [6.45, 7) is 30.3. The Hall–Kier alpha value is -17.3. The molecule has 0 fully saturated rings. The van der Waals surface area contributed by atoms with E-state index in [1.54, 1.807) is 68.2 Å². The minimum Gasteiger partial charge on any atom is -0.253 e. The van der Waals surface area contributed by atoms with Crippen molar-refractivity contribution in [2.24, 2.45) is 0 Å². The first-order valence-electron chi connectivity index (χ1n) is 46.6. The molecule has 20 aromatic rings. The third kappa shape index (κ3) is 25.8. The van der Waals surface area contributed by atoms with Gasteiger partial charge < -0.3 is 0 Å². The van der Waals surface area contributed by atoms with Crippen molar-refractivity contribution >= 4 is 0 Å². The second-order valence-electron chi connectivity index (χ2n) is 34.8. The van der Waals surface area contributed by atoms with E-state index in [4.69, 9.17) is 19.9 Å². The van der Waals surface area contributed by atoms with E-state index in [1.165, 1.54) is 64.6 Å². The summed E-state index contributed by atoms with van der Waals surface area (Å²) >= 11 is 0. The highest BCUT2D eigenvalue weighted by molar-refractivity contribution is 5.75. The highest BCUT2D eigenvalue weighted by Crippen LogP contribution is 2.34. The second kappa shape index (κ2) is 45.4. The number of hydrogen-bond acceptors (Lipinski definition) is 24. The lowest BCUT2D eigenvalue weighted by Gasteiger charge is -2.10. The van der Waals surface area contributed by atoms with Crippen molar-refractivity contribution in [1.82, 2.24) is 120 Å². The molecule has 140 heavy (non-hydrogen) atoms. The molecular formula is C116H106N24. The third-order valence-electron chi connectivity index (χ3n) is 22.7. The first-order valence-corrected chi connectivity index (χ1v) is 46.6. The Kier molecular flexibility index (Phi) is 31.1. The molecule has 20 rings (SSSR count). The van der Waals surface area contributed by atoms with Gasteiger partial charge >= 0.3 is 0 Å². The number of pyridine rings is 3. The van der Waals surface area contributed by atoms with E-state index in [2.05, 4.69) is 299 Å². The fraction of sp³-hybridized carbons (Fsp3) is 0.172. The summed E-state index contributed by atoms with van der Waals surface area (Å²) < 4.78 is 0. The Morgan fingerprint density at radius 3 is 0.636 bits per heavy atom. The van der Waals surface area contributed by atoms with Gasteiger partial charge in [0.15, 0.2) is 64.1 Å². The summed E-state index contributed by atoms with van der Waals surface area (Å²) in [6.07, 6.45) is 25.5. The minimum absolute atomic E-state index is 0.389. The number of hydrogen-bond donors (Lipinski definition) is 0. The fourth-order valence-corrected chi connectivity index (χ4v) is 14.3. The summed E-state index contributed by atoms with van der Waals surface area (Å²) in [5.74, 6) is 8.19. The lowest BCUT2D eigenvalue weighted by molar-refractivity contribution is 0.667. The van der Waals surface area contributed by atoms with Crippen molar-refractivity contribution < 1.29 is 0 Å². The largest absolute Gasteiger partial charge is 0.253 e. The normalized spacial score (nSPS) is 10.8. The van der Waals surface area contributed by atoms with Crippen LogP contribution in [0.4, 0.5) is 0 Å². The minimum atomic E-state index is 0.389. The van der Waals surface area contributed by atoms with Gasteiger partial charge in [-0.1, -0.05) is 277 Å². The molecule has 12 aromatic heterocycles. The summed E-state index contributed by atoms with van der Waals surface area (Å²) in [4.78, 5) is 109.